The summed E-state index contributed by atoms with van der Waals surface area (Å²) >= 11 is 0. The summed E-state index contributed by atoms with van der Waals surface area (Å²) in [4.78, 5) is 16.0. The summed E-state index contributed by atoms with van der Waals surface area (Å²) < 4.78 is 0. The molecule has 102 valence electrons. The maximum Gasteiger partial charge on any atom is 0.319 e. The summed E-state index contributed by atoms with van der Waals surface area (Å²) in [6.07, 6.45) is 5.14. The zero-order chi connectivity index (χ0) is 14.0. The van der Waals surface area contributed by atoms with Crippen molar-refractivity contribution in [2.75, 3.05) is 11.1 Å². The maximum atomic E-state index is 12.1. The number of urea groups is 1. The largest absolute Gasteiger partial charge is 0.399 e. The summed E-state index contributed by atoms with van der Waals surface area (Å²) in [5.41, 5.74) is 8.02. The molecule has 0 unspecified atom stereocenters. The second-order valence-corrected chi connectivity index (χ2v) is 5.02. The number of nitrogen functional groups attached to an aromatic ring is 1. The number of pyridine rings is 1. The highest BCUT2D eigenvalue weighted by Crippen LogP contribution is 2.45. The molecule has 2 aromatic rings. The zero-order valence-electron chi connectivity index (χ0n) is 11.0. The molecule has 20 heavy (non-hydrogen) atoms. The van der Waals surface area contributed by atoms with E-state index in [9.17, 15) is 4.79 Å². The van der Waals surface area contributed by atoms with Crippen molar-refractivity contribution in [1.29, 1.82) is 0 Å². The molecule has 1 heterocycles. The van der Waals surface area contributed by atoms with Crippen LogP contribution in [0.2, 0.25) is 0 Å². The SMILES string of the molecule is Nc1cccc(C2(NC(=O)Nc3ccncc3)CC2)c1. The van der Waals surface area contributed by atoms with Crippen LogP contribution in [0.5, 0.6) is 0 Å². The first-order valence-corrected chi connectivity index (χ1v) is 6.53. The lowest BCUT2D eigenvalue weighted by Crippen LogP contribution is -2.38. The fourth-order valence-electron chi connectivity index (χ4n) is 2.26. The van der Waals surface area contributed by atoms with Gasteiger partial charge in [-0.1, -0.05) is 12.1 Å². The molecule has 3 rings (SSSR count). The Labute approximate surface area is 117 Å². The van der Waals surface area contributed by atoms with E-state index < -0.39 is 0 Å². The van der Waals surface area contributed by atoms with Crippen LogP contribution in [0.3, 0.4) is 0 Å². The summed E-state index contributed by atoms with van der Waals surface area (Å²) in [7, 11) is 0. The van der Waals surface area contributed by atoms with Crippen molar-refractivity contribution in [3.63, 3.8) is 0 Å². The number of hydrogen-bond donors (Lipinski definition) is 3. The Balaban J connectivity index is 1.70. The van der Waals surface area contributed by atoms with Crippen LogP contribution in [0, 0.1) is 0 Å². The van der Waals surface area contributed by atoms with Gasteiger partial charge in [-0.15, -0.1) is 0 Å². The van der Waals surface area contributed by atoms with Crippen molar-refractivity contribution in [1.82, 2.24) is 10.3 Å². The normalized spacial score (nSPS) is 15.4. The highest BCUT2D eigenvalue weighted by atomic mass is 16.2. The van der Waals surface area contributed by atoms with Gasteiger partial charge in [-0.2, -0.15) is 0 Å². The van der Waals surface area contributed by atoms with Crippen molar-refractivity contribution in [3.05, 3.63) is 54.4 Å². The molecule has 4 N–H and O–H groups in total. The van der Waals surface area contributed by atoms with Gasteiger partial charge in [-0.3, -0.25) is 4.98 Å². The maximum absolute atomic E-state index is 12.1. The lowest BCUT2D eigenvalue weighted by Gasteiger charge is -2.18. The van der Waals surface area contributed by atoms with E-state index in [-0.39, 0.29) is 11.6 Å². The molecular weight excluding hydrogens is 252 g/mol. The Morgan fingerprint density at radius 1 is 1.20 bits per heavy atom. The first-order chi connectivity index (χ1) is 9.68. The molecular formula is C15H16N4O. The van der Waals surface area contributed by atoms with Crippen molar-refractivity contribution in [2.24, 2.45) is 0 Å². The van der Waals surface area contributed by atoms with Gasteiger partial charge in [0.1, 0.15) is 0 Å². The summed E-state index contributed by atoms with van der Waals surface area (Å²) in [5, 5.41) is 5.83. The molecule has 0 spiro atoms. The van der Waals surface area contributed by atoms with Crippen LogP contribution in [0.15, 0.2) is 48.8 Å². The molecule has 1 saturated carbocycles. The Kier molecular flexibility index (Phi) is 3.02. The van der Waals surface area contributed by atoms with E-state index >= 15 is 0 Å². The van der Waals surface area contributed by atoms with Gasteiger partial charge >= 0.3 is 6.03 Å². The van der Waals surface area contributed by atoms with Crippen LogP contribution in [0.1, 0.15) is 18.4 Å². The smallest absolute Gasteiger partial charge is 0.319 e. The van der Waals surface area contributed by atoms with Gasteiger partial charge in [-0.25, -0.2) is 4.79 Å². The Bertz CT molecular complexity index is 623. The summed E-state index contributed by atoms with van der Waals surface area (Å²) in [6, 6.07) is 11.0. The van der Waals surface area contributed by atoms with Gasteiger partial charge < -0.3 is 16.4 Å². The van der Waals surface area contributed by atoms with Gasteiger partial charge in [0.2, 0.25) is 0 Å². The molecule has 0 radical (unpaired) electrons. The second-order valence-electron chi connectivity index (χ2n) is 5.02. The number of carbonyl (C=O) groups is 1. The second kappa shape index (κ2) is 4.85. The quantitative estimate of drug-likeness (QED) is 0.748. The molecule has 0 aliphatic heterocycles. The minimum Gasteiger partial charge on any atom is -0.399 e. The Hall–Kier alpha value is -2.56. The number of hydrogen-bond acceptors (Lipinski definition) is 3. The standard InChI is InChI=1S/C15H16N4O/c16-12-3-1-2-11(10-12)15(6-7-15)19-14(20)18-13-4-8-17-9-5-13/h1-5,8-10H,6-7,16H2,(H2,17,18,19,20). The molecule has 1 aliphatic rings. The molecule has 1 aromatic heterocycles. The van der Waals surface area contributed by atoms with Gasteiger partial charge in [0.05, 0.1) is 5.54 Å². The Morgan fingerprint density at radius 2 is 1.95 bits per heavy atom. The van der Waals surface area contributed by atoms with Gasteiger partial charge in [0.25, 0.3) is 0 Å². The number of anilines is 2. The van der Waals surface area contributed by atoms with Crippen LogP contribution >= 0.6 is 0 Å². The summed E-state index contributed by atoms with van der Waals surface area (Å²) in [5.74, 6) is 0. The molecule has 1 aliphatic carbocycles. The van der Waals surface area contributed by atoms with Crippen molar-refractivity contribution in [3.8, 4) is 0 Å². The van der Waals surface area contributed by atoms with Gasteiger partial charge in [0.15, 0.2) is 0 Å². The molecule has 0 saturated heterocycles. The summed E-state index contributed by atoms with van der Waals surface area (Å²) in [6.45, 7) is 0. The van der Waals surface area contributed by atoms with Crippen molar-refractivity contribution < 1.29 is 4.79 Å². The topological polar surface area (TPSA) is 80.0 Å². The molecule has 0 atom stereocenters. The van der Waals surface area contributed by atoms with Gasteiger partial charge in [0, 0.05) is 23.8 Å². The molecule has 1 aromatic carbocycles. The molecule has 2 amide bonds. The third-order valence-corrected chi connectivity index (χ3v) is 3.48. The number of rotatable bonds is 3. The van der Waals surface area contributed by atoms with Crippen LogP contribution < -0.4 is 16.4 Å². The van der Waals surface area contributed by atoms with E-state index in [1.54, 1.807) is 24.5 Å². The lowest BCUT2D eigenvalue weighted by atomic mass is 10.0. The number of nitrogens with zero attached hydrogens (tertiary/aromatic N) is 1. The minimum absolute atomic E-state index is 0.212. The number of nitrogens with one attached hydrogen (secondary N) is 2. The minimum atomic E-state index is -0.271. The number of benzene rings is 1. The number of amides is 2. The average molecular weight is 268 g/mol. The van der Waals surface area contributed by atoms with E-state index in [0.29, 0.717) is 5.69 Å². The monoisotopic (exact) mass is 268 g/mol. The molecule has 0 bridgehead atoms. The van der Waals surface area contributed by atoms with E-state index in [1.807, 2.05) is 24.3 Å². The van der Waals surface area contributed by atoms with E-state index in [1.165, 1.54) is 0 Å². The highest BCUT2D eigenvalue weighted by Gasteiger charge is 2.45. The van der Waals surface area contributed by atoms with Crippen LogP contribution in [0.25, 0.3) is 0 Å². The third-order valence-electron chi connectivity index (χ3n) is 3.48. The predicted molar refractivity (Wildman–Crippen MR) is 78.2 cm³/mol. The molecule has 1 fully saturated rings. The average Bonchev–Trinajstić information content (AvgIpc) is 3.20. The van der Waals surface area contributed by atoms with Crippen LogP contribution in [0.4, 0.5) is 16.2 Å². The number of carbonyl (C=O) groups excluding carboxylic acids is 1. The number of nitrogens with two attached hydrogens (primary N) is 1. The molecule has 5 heteroatoms. The van der Waals surface area contributed by atoms with Gasteiger partial charge in [-0.05, 0) is 42.7 Å². The van der Waals surface area contributed by atoms with Crippen molar-refractivity contribution in [2.45, 2.75) is 18.4 Å². The predicted octanol–water partition coefficient (Wildman–Crippen LogP) is 2.47. The first-order valence-electron chi connectivity index (χ1n) is 6.53. The van der Waals surface area contributed by atoms with Crippen LogP contribution in [-0.2, 0) is 5.54 Å². The Morgan fingerprint density at radius 3 is 2.60 bits per heavy atom. The van der Waals surface area contributed by atoms with E-state index in [0.717, 1.165) is 24.1 Å². The molecule has 5 nitrogen and oxygen atoms in total. The van der Waals surface area contributed by atoms with Crippen molar-refractivity contribution >= 4 is 17.4 Å². The number of aromatic nitrogens is 1. The van der Waals surface area contributed by atoms with E-state index in [4.69, 9.17) is 5.73 Å². The highest BCUT2D eigenvalue weighted by molar-refractivity contribution is 5.90. The van der Waals surface area contributed by atoms with Crippen LogP contribution in [-0.4, -0.2) is 11.0 Å². The fraction of sp³-hybridized carbons (Fsp3) is 0.200. The lowest BCUT2D eigenvalue weighted by molar-refractivity contribution is 0.247. The fourth-order valence-corrected chi connectivity index (χ4v) is 2.26. The van der Waals surface area contributed by atoms with E-state index in [2.05, 4.69) is 15.6 Å². The first kappa shape index (κ1) is 12.5. The zero-order valence-corrected chi connectivity index (χ0v) is 11.0. The third kappa shape index (κ3) is 2.56.